The number of hydrogen-bond acceptors (Lipinski definition) is 5. The molecule has 1 radical (unpaired) electrons. The minimum absolute atomic E-state index is 0.385. The molecule has 1 aliphatic heterocycles. The highest BCUT2D eigenvalue weighted by atomic mass is 16.5. The summed E-state index contributed by atoms with van der Waals surface area (Å²) in [5, 5.41) is 4.59. The number of rotatable bonds is 8. The summed E-state index contributed by atoms with van der Waals surface area (Å²) in [6.07, 6.45) is 2.05. The van der Waals surface area contributed by atoms with Crippen molar-refractivity contribution in [2.24, 2.45) is 0 Å². The monoisotopic (exact) mass is 336 g/mol. The van der Waals surface area contributed by atoms with Crippen molar-refractivity contribution in [1.29, 1.82) is 0 Å². The molecule has 1 saturated heterocycles. The molecule has 1 aromatic heterocycles. The van der Waals surface area contributed by atoms with Crippen molar-refractivity contribution in [3.63, 3.8) is 0 Å². The first kappa shape index (κ1) is 19.4. The van der Waals surface area contributed by atoms with Crippen molar-refractivity contribution < 1.29 is 14.1 Å². The zero-order chi connectivity index (χ0) is 17.8. The first-order valence-electron chi connectivity index (χ1n) is 8.65. The summed E-state index contributed by atoms with van der Waals surface area (Å²) in [5.74, 6) is 0. The second kappa shape index (κ2) is 8.00. The highest BCUT2D eigenvalue weighted by molar-refractivity contribution is 6.47. The highest BCUT2D eigenvalue weighted by Gasteiger charge is 2.38. The van der Waals surface area contributed by atoms with Crippen molar-refractivity contribution in [3.05, 3.63) is 11.9 Å². The smallest absolute Gasteiger partial charge is 0.334 e. The van der Waals surface area contributed by atoms with E-state index in [9.17, 15) is 0 Å². The molecule has 24 heavy (non-hydrogen) atoms. The Hall–Kier alpha value is -0.885. The third-order valence-electron chi connectivity index (χ3n) is 5.17. The topological polar surface area (TPSA) is 48.8 Å². The Morgan fingerprint density at radius 3 is 2.46 bits per heavy atom. The van der Waals surface area contributed by atoms with Crippen LogP contribution in [-0.2, 0) is 20.7 Å². The molecular weight excluding hydrogens is 305 g/mol. The number of methoxy groups -OCH3 is 1. The van der Waals surface area contributed by atoms with E-state index in [1.54, 1.807) is 14.6 Å². The summed E-state index contributed by atoms with van der Waals surface area (Å²) in [6, 6.07) is 0. The summed E-state index contributed by atoms with van der Waals surface area (Å²) < 4.78 is 19.0. The number of morpholine rings is 1. The molecule has 0 atom stereocenters. The van der Waals surface area contributed by atoms with Crippen molar-refractivity contribution in [2.45, 2.75) is 52.4 Å². The Morgan fingerprint density at radius 1 is 1.17 bits per heavy atom. The Kier molecular flexibility index (Phi) is 6.48. The molecule has 6 nitrogen and oxygen atoms in total. The van der Waals surface area contributed by atoms with Gasteiger partial charge in [-0.1, -0.05) is 0 Å². The van der Waals surface area contributed by atoms with Gasteiger partial charge in [0.25, 0.3) is 0 Å². The number of nitrogens with zero attached hydrogens (tertiary/aromatic N) is 3. The zero-order valence-corrected chi connectivity index (χ0v) is 16.0. The van der Waals surface area contributed by atoms with Crippen LogP contribution in [0.15, 0.2) is 6.20 Å². The molecule has 0 N–H and O–H groups in total. The Balaban J connectivity index is 1.89. The minimum atomic E-state index is -0.440. The van der Waals surface area contributed by atoms with Gasteiger partial charge >= 0.3 is 7.48 Å². The molecule has 0 aliphatic carbocycles. The van der Waals surface area contributed by atoms with Crippen LogP contribution in [-0.4, -0.2) is 73.3 Å². The predicted molar refractivity (Wildman–Crippen MR) is 95.9 cm³/mol. The molecule has 0 unspecified atom stereocenters. The summed E-state index contributed by atoms with van der Waals surface area (Å²) in [6.45, 7) is 15.7. The molecule has 0 saturated carbocycles. The van der Waals surface area contributed by atoms with Gasteiger partial charge < -0.3 is 14.1 Å². The van der Waals surface area contributed by atoms with Crippen LogP contribution in [0.25, 0.3) is 0 Å². The molecule has 135 valence electrons. The van der Waals surface area contributed by atoms with E-state index >= 15 is 0 Å². The van der Waals surface area contributed by atoms with Crippen molar-refractivity contribution >= 4 is 12.9 Å². The lowest BCUT2D eigenvalue weighted by Crippen LogP contribution is -2.50. The molecule has 0 aromatic carbocycles. The van der Waals surface area contributed by atoms with Crippen LogP contribution in [0, 0.1) is 6.92 Å². The number of hydrogen-bond donors (Lipinski definition) is 0. The Bertz CT molecular complexity index is 525. The van der Waals surface area contributed by atoms with Crippen LogP contribution >= 0.6 is 0 Å². The average Bonchev–Trinajstić information content (AvgIpc) is 2.92. The van der Waals surface area contributed by atoms with Crippen LogP contribution in [0.5, 0.6) is 0 Å². The second-order valence-electron chi connectivity index (χ2n) is 7.35. The second-order valence-corrected chi connectivity index (χ2v) is 7.35. The van der Waals surface area contributed by atoms with E-state index in [0.717, 1.165) is 50.5 Å². The van der Waals surface area contributed by atoms with E-state index in [1.165, 1.54) is 0 Å². The molecule has 1 aromatic rings. The molecular formula is C17H31BN3O3. The van der Waals surface area contributed by atoms with E-state index in [0.29, 0.717) is 0 Å². The maximum Gasteiger partial charge on any atom is 0.334 e. The van der Waals surface area contributed by atoms with Gasteiger partial charge in [-0.2, -0.15) is 5.10 Å². The zero-order valence-electron chi connectivity index (χ0n) is 16.0. The van der Waals surface area contributed by atoms with Gasteiger partial charge in [-0.25, -0.2) is 0 Å². The quantitative estimate of drug-likeness (QED) is 0.663. The van der Waals surface area contributed by atoms with E-state index in [-0.39, 0.29) is 5.60 Å². The fourth-order valence-electron chi connectivity index (χ4n) is 2.43. The van der Waals surface area contributed by atoms with Gasteiger partial charge in [-0.05, 0) is 40.1 Å². The molecule has 7 heteroatoms. The van der Waals surface area contributed by atoms with Crippen molar-refractivity contribution in [1.82, 2.24) is 14.7 Å². The Labute approximate surface area is 146 Å². The fourth-order valence-corrected chi connectivity index (χ4v) is 2.43. The predicted octanol–water partition coefficient (Wildman–Crippen LogP) is 0.988. The van der Waals surface area contributed by atoms with E-state index < -0.39 is 5.60 Å². The SMILES string of the molecule is COC(C)(C)C(C)(C)O[B]c1cn(CCN2CCOCC2)nc1C. The van der Waals surface area contributed by atoms with Crippen LogP contribution in [0.4, 0.5) is 0 Å². The molecule has 0 spiro atoms. The molecule has 2 heterocycles. The summed E-state index contributed by atoms with van der Waals surface area (Å²) >= 11 is 0. The first-order valence-corrected chi connectivity index (χ1v) is 8.65. The number of aromatic nitrogens is 2. The van der Waals surface area contributed by atoms with Gasteiger partial charge in [0.1, 0.15) is 0 Å². The Morgan fingerprint density at radius 2 is 1.83 bits per heavy atom. The van der Waals surface area contributed by atoms with Crippen molar-refractivity contribution in [3.8, 4) is 0 Å². The lowest BCUT2D eigenvalue weighted by atomic mass is 9.83. The number of aryl methyl sites for hydroxylation is 1. The first-order chi connectivity index (χ1) is 11.2. The van der Waals surface area contributed by atoms with E-state index in [2.05, 4.69) is 10.00 Å². The number of ether oxygens (including phenoxy) is 2. The lowest BCUT2D eigenvalue weighted by Gasteiger charge is -2.40. The average molecular weight is 336 g/mol. The standard InChI is InChI=1S/C17H31BN3O3/c1-14-15(18-24-17(4,5)16(2,3)22-6)13-21(19-14)8-7-20-9-11-23-12-10-20/h13H,7-12H2,1-6H3. The third kappa shape index (κ3) is 4.82. The highest BCUT2D eigenvalue weighted by Crippen LogP contribution is 2.27. The maximum absolute atomic E-state index is 6.03. The normalized spacial score (nSPS) is 17.2. The molecule has 2 rings (SSSR count). The van der Waals surface area contributed by atoms with Gasteiger partial charge in [-0.3, -0.25) is 9.58 Å². The van der Waals surface area contributed by atoms with Crippen LogP contribution in [0.2, 0.25) is 0 Å². The van der Waals surface area contributed by atoms with Crippen LogP contribution in [0.1, 0.15) is 33.4 Å². The van der Waals surface area contributed by atoms with Crippen LogP contribution in [0.3, 0.4) is 0 Å². The van der Waals surface area contributed by atoms with Gasteiger partial charge in [0.15, 0.2) is 0 Å². The van der Waals surface area contributed by atoms with Gasteiger partial charge in [0, 0.05) is 32.9 Å². The largest absolute Gasteiger partial charge is 0.426 e. The lowest BCUT2D eigenvalue weighted by molar-refractivity contribution is -0.114. The molecule has 0 bridgehead atoms. The van der Waals surface area contributed by atoms with Crippen molar-refractivity contribution in [2.75, 3.05) is 40.0 Å². The van der Waals surface area contributed by atoms with Gasteiger partial charge in [-0.15, -0.1) is 0 Å². The summed E-state index contributed by atoms with van der Waals surface area (Å²) in [5.41, 5.74) is 1.16. The summed E-state index contributed by atoms with van der Waals surface area (Å²) in [4.78, 5) is 2.41. The van der Waals surface area contributed by atoms with Gasteiger partial charge in [0.05, 0.1) is 36.7 Å². The van der Waals surface area contributed by atoms with Gasteiger partial charge in [0.2, 0.25) is 0 Å². The third-order valence-corrected chi connectivity index (χ3v) is 5.17. The minimum Gasteiger partial charge on any atom is -0.426 e. The van der Waals surface area contributed by atoms with E-state index in [1.807, 2.05) is 45.5 Å². The van der Waals surface area contributed by atoms with Crippen LogP contribution < -0.4 is 5.46 Å². The maximum atomic E-state index is 6.03. The molecule has 0 amide bonds. The summed E-state index contributed by atoms with van der Waals surface area (Å²) in [7, 11) is 3.51. The molecule has 1 fully saturated rings. The molecule has 1 aliphatic rings. The fraction of sp³-hybridized carbons (Fsp3) is 0.824. The van der Waals surface area contributed by atoms with E-state index in [4.69, 9.17) is 14.1 Å².